The van der Waals surface area contributed by atoms with Gasteiger partial charge in [0.2, 0.25) is 0 Å². The van der Waals surface area contributed by atoms with E-state index in [1.165, 1.54) is 6.07 Å². The number of ether oxygens (including phenoxy) is 1. The number of hydrogen-bond acceptors (Lipinski definition) is 3. The molecule has 0 bridgehead atoms. The van der Waals surface area contributed by atoms with Gasteiger partial charge in [0.25, 0.3) is 11.8 Å². The van der Waals surface area contributed by atoms with E-state index in [2.05, 4.69) is 5.32 Å². The Hall–Kier alpha value is -3.51. The fourth-order valence-corrected chi connectivity index (χ4v) is 4.51. The van der Waals surface area contributed by atoms with Crippen molar-refractivity contribution >= 4 is 58.0 Å². The molecular formula is C27H17Cl3N2O3. The molecule has 1 aliphatic heterocycles. The van der Waals surface area contributed by atoms with Gasteiger partial charge in [0.15, 0.2) is 5.75 Å². The molecule has 0 aliphatic carbocycles. The van der Waals surface area contributed by atoms with Gasteiger partial charge in [-0.25, -0.2) is 0 Å². The van der Waals surface area contributed by atoms with Crippen LogP contribution >= 0.6 is 34.8 Å². The molecule has 0 spiro atoms. The predicted octanol–water partition coefficient (Wildman–Crippen LogP) is 7.85. The summed E-state index contributed by atoms with van der Waals surface area (Å²) < 4.78 is 6.08. The van der Waals surface area contributed by atoms with Crippen LogP contribution in [0.25, 0.3) is 0 Å². The standard InChI is InChI=1S/C27H17Cl3N2O3/c28-18-8-12-24-17(13-18)15-32(23-3-1-2-4-25(23)35-24)27(34)16-5-9-20(10-6-16)31-26(33)21-11-7-19(29)14-22(21)30/h1-14H,15H2,(H,31,33). The maximum atomic E-state index is 13.6. The molecule has 8 heteroatoms. The van der Waals surface area contributed by atoms with Crippen LogP contribution in [-0.2, 0) is 6.54 Å². The summed E-state index contributed by atoms with van der Waals surface area (Å²) in [6, 6.07) is 24.0. The van der Waals surface area contributed by atoms with Crippen LogP contribution in [0.3, 0.4) is 0 Å². The summed E-state index contributed by atoms with van der Waals surface area (Å²) in [5.41, 5.74) is 2.72. The van der Waals surface area contributed by atoms with E-state index >= 15 is 0 Å². The van der Waals surface area contributed by atoms with Crippen LogP contribution in [0, 0.1) is 0 Å². The van der Waals surface area contributed by atoms with Crippen molar-refractivity contribution in [2.24, 2.45) is 0 Å². The molecule has 1 heterocycles. The minimum Gasteiger partial charge on any atom is -0.455 e. The minimum atomic E-state index is -0.377. The van der Waals surface area contributed by atoms with Gasteiger partial charge < -0.3 is 15.0 Å². The Morgan fingerprint density at radius 3 is 2.29 bits per heavy atom. The molecule has 5 nitrogen and oxygen atoms in total. The molecule has 4 aromatic rings. The second-order valence-corrected chi connectivity index (χ2v) is 9.15. The van der Waals surface area contributed by atoms with Gasteiger partial charge in [-0.1, -0.05) is 46.9 Å². The normalized spacial score (nSPS) is 12.1. The third-order valence-electron chi connectivity index (χ3n) is 5.54. The molecule has 1 aliphatic rings. The molecule has 0 unspecified atom stereocenters. The van der Waals surface area contributed by atoms with Crippen molar-refractivity contribution in [3.8, 4) is 11.5 Å². The van der Waals surface area contributed by atoms with Gasteiger partial charge in [0.05, 0.1) is 22.8 Å². The summed E-state index contributed by atoms with van der Waals surface area (Å²) in [5.74, 6) is 0.632. The Labute approximate surface area is 216 Å². The molecule has 1 N–H and O–H groups in total. The lowest BCUT2D eigenvalue weighted by atomic mass is 10.1. The number of hydrogen-bond donors (Lipinski definition) is 1. The van der Waals surface area contributed by atoms with E-state index in [0.717, 1.165) is 5.56 Å². The van der Waals surface area contributed by atoms with E-state index in [4.69, 9.17) is 39.5 Å². The van der Waals surface area contributed by atoms with Gasteiger partial charge in [-0.15, -0.1) is 0 Å². The Kier molecular flexibility index (Phi) is 6.39. The summed E-state index contributed by atoms with van der Waals surface area (Å²) in [6.45, 7) is 0.291. The van der Waals surface area contributed by atoms with Crippen molar-refractivity contribution in [3.63, 3.8) is 0 Å². The molecule has 0 saturated carbocycles. The highest BCUT2D eigenvalue weighted by molar-refractivity contribution is 6.37. The summed E-state index contributed by atoms with van der Waals surface area (Å²) in [5, 5.41) is 4.04. The summed E-state index contributed by atoms with van der Waals surface area (Å²) in [4.78, 5) is 27.8. The molecule has 0 fully saturated rings. The summed E-state index contributed by atoms with van der Waals surface area (Å²) in [6.07, 6.45) is 0. The summed E-state index contributed by atoms with van der Waals surface area (Å²) >= 11 is 18.2. The Bertz CT molecular complexity index is 1450. The highest BCUT2D eigenvalue weighted by Gasteiger charge is 2.26. The number of nitrogens with one attached hydrogen (secondary N) is 1. The number of carbonyl (C=O) groups excluding carboxylic acids is 2. The first-order chi connectivity index (χ1) is 16.9. The Morgan fingerprint density at radius 1 is 0.800 bits per heavy atom. The van der Waals surface area contributed by atoms with Gasteiger partial charge in [-0.2, -0.15) is 0 Å². The fourth-order valence-electron chi connectivity index (χ4n) is 3.82. The third kappa shape index (κ3) is 4.84. The molecule has 35 heavy (non-hydrogen) atoms. The zero-order chi connectivity index (χ0) is 24.5. The number of benzene rings is 4. The van der Waals surface area contributed by atoms with Crippen molar-refractivity contribution in [3.05, 3.63) is 117 Å². The lowest BCUT2D eigenvalue weighted by Gasteiger charge is -2.22. The summed E-state index contributed by atoms with van der Waals surface area (Å²) in [7, 11) is 0. The Balaban J connectivity index is 1.40. The van der Waals surface area contributed by atoms with Crippen LogP contribution < -0.4 is 15.0 Å². The number of carbonyl (C=O) groups is 2. The van der Waals surface area contributed by atoms with Crippen LogP contribution in [0.4, 0.5) is 11.4 Å². The van der Waals surface area contributed by atoms with E-state index in [-0.39, 0.29) is 16.8 Å². The molecule has 0 saturated heterocycles. The monoisotopic (exact) mass is 522 g/mol. The first-order valence-electron chi connectivity index (χ1n) is 10.6. The maximum Gasteiger partial charge on any atom is 0.258 e. The number of fused-ring (bicyclic) bond motifs is 2. The van der Waals surface area contributed by atoms with Crippen LogP contribution in [0.2, 0.25) is 15.1 Å². The average molecular weight is 524 g/mol. The Morgan fingerprint density at radius 2 is 1.51 bits per heavy atom. The van der Waals surface area contributed by atoms with Gasteiger partial charge >= 0.3 is 0 Å². The largest absolute Gasteiger partial charge is 0.455 e. The number of anilines is 2. The SMILES string of the molecule is O=C(Nc1ccc(C(=O)N2Cc3cc(Cl)ccc3Oc3ccccc32)cc1)c1ccc(Cl)cc1Cl. The second kappa shape index (κ2) is 9.62. The van der Waals surface area contributed by atoms with Gasteiger partial charge in [0.1, 0.15) is 5.75 Å². The predicted molar refractivity (Wildman–Crippen MR) is 139 cm³/mol. The smallest absolute Gasteiger partial charge is 0.258 e. The number of rotatable bonds is 3. The second-order valence-electron chi connectivity index (χ2n) is 7.87. The molecule has 5 rings (SSSR count). The van der Waals surface area contributed by atoms with Gasteiger partial charge in [0, 0.05) is 26.9 Å². The zero-order valence-electron chi connectivity index (χ0n) is 18.1. The lowest BCUT2D eigenvalue weighted by molar-refractivity contribution is 0.0984. The van der Waals surface area contributed by atoms with E-state index in [0.29, 0.717) is 50.6 Å². The van der Waals surface area contributed by atoms with Crippen LogP contribution in [-0.4, -0.2) is 11.8 Å². The molecule has 0 atom stereocenters. The topological polar surface area (TPSA) is 58.6 Å². The van der Waals surface area contributed by atoms with Crippen molar-refractivity contribution in [1.29, 1.82) is 0 Å². The molecule has 4 aromatic carbocycles. The van der Waals surface area contributed by atoms with E-state index in [1.54, 1.807) is 59.5 Å². The van der Waals surface area contributed by atoms with Crippen molar-refractivity contribution in [1.82, 2.24) is 0 Å². The zero-order valence-corrected chi connectivity index (χ0v) is 20.4. The fraction of sp³-hybridized carbons (Fsp3) is 0.0370. The number of amides is 2. The molecule has 174 valence electrons. The quantitative estimate of drug-likeness (QED) is 0.297. The molecular weight excluding hydrogens is 507 g/mol. The van der Waals surface area contributed by atoms with E-state index in [1.807, 2.05) is 24.3 Å². The van der Waals surface area contributed by atoms with Crippen molar-refractivity contribution in [2.45, 2.75) is 6.54 Å². The van der Waals surface area contributed by atoms with Crippen LogP contribution in [0.5, 0.6) is 11.5 Å². The van der Waals surface area contributed by atoms with Crippen LogP contribution in [0.15, 0.2) is 84.9 Å². The average Bonchev–Trinajstić information content (AvgIpc) is 3.00. The highest BCUT2D eigenvalue weighted by atomic mass is 35.5. The molecule has 0 radical (unpaired) electrons. The minimum absolute atomic E-state index is 0.215. The lowest BCUT2D eigenvalue weighted by Crippen LogP contribution is -2.29. The number of nitrogens with zero attached hydrogens (tertiary/aromatic N) is 1. The van der Waals surface area contributed by atoms with Gasteiger partial charge in [-0.3, -0.25) is 9.59 Å². The maximum absolute atomic E-state index is 13.6. The van der Waals surface area contributed by atoms with Crippen LogP contribution in [0.1, 0.15) is 26.3 Å². The van der Waals surface area contributed by atoms with Gasteiger partial charge in [-0.05, 0) is 72.8 Å². The van der Waals surface area contributed by atoms with E-state index < -0.39 is 0 Å². The number of halogens is 3. The van der Waals surface area contributed by atoms with Crippen molar-refractivity contribution < 1.29 is 14.3 Å². The van der Waals surface area contributed by atoms with Crippen molar-refractivity contribution in [2.75, 3.05) is 10.2 Å². The highest BCUT2D eigenvalue weighted by Crippen LogP contribution is 2.40. The number of para-hydroxylation sites is 2. The third-order valence-corrected chi connectivity index (χ3v) is 6.32. The molecule has 2 amide bonds. The molecule has 0 aromatic heterocycles. The first kappa shape index (κ1) is 23.2. The van der Waals surface area contributed by atoms with E-state index in [9.17, 15) is 9.59 Å². The first-order valence-corrected chi connectivity index (χ1v) is 11.8.